The van der Waals surface area contributed by atoms with Crippen molar-refractivity contribution in [3.8, 4) is 0 Å². The molecule has 108 valence electrons. The van der Waals surface area contributed by atoms with Gasteiger partial charge in [-0.3, -0.25) is 4.72 Å². The molecule has 0 saturated heterocycles. The van der Waals surface area contributed by atoms with Crippen LogP contribution in [-0.2, 0) is 10.0 Å². The van der Waals surface area contributed by atoms with Crippen molar-refractivity contribution in [3.63, 3.8) is 0 Å². The first kappa shape index (κ1) is 16.3. The molecule has 0 aliphatic heterocycles. The van der Waals surface area contributed by atoms with Crippen LogP contribution in [0.2, 0.25) is 0 Å². The maximum atomic E-state index is 11.9. The van der Waals surface area contributed by atoms with Gasteiger partial charge in [0.1, 0.15) is 0 Å². The van der Waals surface area contributed by atoms with Crippen LogP contribution in [0.25, 0.3) is 0 Å². The summed E-state index contributed by atoms with van der Waals surface area (Å²) in [6, 6.07) is 7.56. The van der Waals surface area contributed by atoms with Gasteiger partial charge in [0.25, 0.3) is 0 Å². The van der Waals surface area contributed by atoms with Gasteiger partial charge in [-0.05, 0) is 36.0 Å². The summed E-state index contributed by atoms with van der Waals surface area (Å²) in [6.07, 6.45) is 1.07. The Hall–Kier alpha value is -0.740. The van der Waals surface area contributed by atoms with Crippen LogP contribution in [0.5, 0.6) is 0 Å². The lowest BCUT2D eigenvalue weighted by Crippen LogP contribution is -2.22. The smallest absolute Gasteiger partial charge is 0.233 e. The fourth-order valence-electron chi connectivity index (χ4n) is 1.76. The highest BCUT2D eigenvalue weighted by Crippen LogP contribution is 2.21. The molecule has 0 aromatic heterocycles. The van der Waals surface area contributed by atoms with Gasteiger partial charge >= 0.3 is 0 Å². The number of hydrogen-bond donors (Lipinski definition) is 1. The number of alkyl halides is 1. The number of sulfonamides is 1. The first-order valence-electron chi connectivity index (χ1n) is 6.54. The number of halogens is 1. The second-order valence-electron chi connectivity index (χ2n) is 5.07. The Morgan fingerprint density at radius 3 is 2.26 bits per heavy atom. The monoisotopic (exact) mass is 303 g/mol. The molecule has 0 fully saturated rings. The summed E-state index contributed by atoms with van der Waals surface area (Å²) in [5, 5.41) is 0. The molecule has 0 aliphatic carbocycles. The van der Waals surface area contributed by atoms with E-state index in [4.69, 9.17) is 11.6 Å². The predicted octanol–water partition coefficient (Wildman–Crippen LogP) is 3.82. The molecule has 0 radical (unpaired) electrons. The standard InChI is InChI=1S/C14H22ClNO2S/c1-4-12(3)13-5-7-14(8-6-13)16-19(17,18)10-11(2)9-15/h5-8,11-12,16H,4,9-10H2,1-3H3. The molecule has 1 aromatic rings. The second kappa shape index (κ2) is 7.15. The molecule has 0 saturated carbocycles. The molecule has 3 nitrogen and oxygen atoms in total. The first-order valence-corrected chi connectivity index (χ1v) is 8.73. The van der Waals surface area contributed by atoms with Crippen molar-refractivity contribution in [2.75, 3.05) is 16.4 Å². The fourth-order valence-corrected chi connectivity index (χ4v) is 3.44. The van der Waals surface area contributed by atoms with E-state index >= 15 is 0 Å². The topological polar surface area (TPSA) is 46.2 Å². The van der Waals surface area contributed by atoms with Crippen molar-refractivity contribution in [2.45, 2.75) is 33.1 Å². The van der Waals surface area contributed by atoms with E-state index in [1.807, 2.05) is 31.2 Å². The number of nitrogens with one attached hydrogen (secondary N) is 1. The third kappa shape index (κ3) is 5.41. The molecule has 0 spiro atoms. The predicted molar refractivity (Wildman–Crippen MR) is 82.4 cm³/mol. The van der Waals surface area contributed by atoms with Crippen LogP contribution in [0.1, 0.15) is 38.7 Å². The lowest BCUT2D eigenvalue weighted by atomic mass is 9.99. The van der Waals surface area contributed by atoms with Crippen LogP contribution >= 0.6 is 11.6 Å². The molecule has 0 heterocycles. The Labute approximate surface area is 121 Å². The van der Waals surface area contributed by atoms with Crippen LogP contribution in [0, 0.1) is 5.92 Å². The van der Waals surface area contributed by atoms with E-state index in [0.717, 1.165) is 6.42 Å². The van der Waals surface area contributed by atoms with E-state index < -0.39 is 10.0 Å². The van der Waals surface area contributed by atoms with Crippen molar-refractivity contribution in [1.82, 2.24) is 0 Å². The second-order valence-corrected chi connectivity index (χ2v) is 7.15. The van der Waals surface area contributed by atoms with Gasteiger partial charge in [0.05, 0.1) is 5.75 Å². The highest BCUT2D eigenvalue weighted by Gasteiger charge is 2.15. The molecule has 2 atom stereocenters. The van der Waals surface area contributed by atoms with E-state index in [-0.39, 0.29) is 11.7 Å². The molecule has 1 N–H and O–H groups in total. The maximum Gasteiger partial charge on any atom is 0.233 e. The van der Waals surface area contributed by atoms with Crippen LogP contribution < -0.4 is 4.72 Å². The maximum absolute atomic E-state index is 11.9. The average molecular weight is 304 g/mol. The minimum atomic E-state index is -3.32. The normalized spacial score (nSPS) is 14.9. The Kier molecular flexibility index (Phi) is 6.14. The quantitative estimate of drug-likeness (QED) is 0.778. The summed E-state index contributed by atoms with van der Waals surface area (Å²) in [4.78, 5) is 0. The average Bonchev–Trinajstić information content (AvgIpc) is 2.37. The highest BCUT2D eigenvalue weighted by molar-refractivity contribution is 7.92. The molecule has 1 rings (SSSR count). The first-order chi connectivity index (χ1) is 8.88. The van der Waals surface area contributed by atoms with Crippen LogP contribution in [0.3, 0.4) is 0 Å². The lowest BCUT2D eigenvalue weighted by Gasteiger charge is -2.13. The Balaban J connectivity index is 2.72. The zero-order chi connectivity index (χ0) is 14.5. The SMILES string of the molecule is CCC(C)c1ccc(NS(=O)(=O)CC(C)CCl)cc1. The Bertz CT molecular complexity index is 485. The minimum Gasteiger partial charge on any atom is -0.284 e. The summed E-state index contributed by atoms with van der Waals surface area (Å²) < 4.78 is 26.3. The highest BCUT2D eigenvalue weighted by atomic mass is 35.5. The number of rotatable bonds is 7. The molecule has 5 heteroatoms. The van der Waals surface area contributed by atoms with Gasteiger partial charge in [-0.1, -0.05) is 32.9 Å². The summed E-state index contributed by atoms with van der Waals surface area (Å²) in [5.74, 6) is 0.817. The van der Waals surface area contributed by atoms with Gasteiger partial charge < -0.3 is 0 Å². The summed E-state index contributed by atoms with van der Waals surface area (Å²) in [6.45, 7) is 6.11. The Morgan fingerprint density at radius 2 is 1.79 bits per heavy atom. The summed E-state index contributed by atoms with van der Waals surface area (Å²) in [5.41, 5.74) is 1.83. The van der Waals surface area contributed by atoms with Crippen LogP contribution in [0.4, 0.5) is 5.69 Å². The number of benzene rings is 1. The van der Waals surface area contributed by atoms with Gasteiger partial charge in [-0.25, -0.2) is 8.42 Å². The third-order valence-corrected chi connectivity index (χ3v) is 5.21. The molecular weight excluding hydrogens is 282 g/mol. The summed E-state index contributed by atoms with van der Waals surface area (Å²) >= 11 is 5.64. The van der Waals surface area contributed by atoms with Crippen molar-refractivity contribution >= 4 is 27.3 Å². The lowest BCUT2D eigenvalue weighted by molar-refractivity contribution is 0.588. The van der Waals surface area contributed by atoms with Crippen LogP contribution in [0.15, 0.2) is 24.3 Å². The van der Waals surface area contributed by atoms with E-state index in [1.54, 1.807) is 0 Å². The largest absolute Gasteiger partial charge is 0.284 e. The van der Waals surface area contributed by atoms with Crippen molar-refractivity contribution in [3.05, 3.63) is 29.8 Å². The van der Waals surface area contributed by atoms with E-state index in [0.29, 0.717) is 17.5 Å². The molecule has 19 heavy (non-hydrogen) atoms. The van der Waals surface area contributed by atoms with Gasteiger partial charge in [0, 0.05) is 11.6 Å². The molecule has 0 amide bonds. The summed E-state index contributed by atoms with van der Waals surface area (Å²) in [7, 11) is -3.32. The van der Waals surface area contributed by atoms with Crippen LogP contribution in [-0.4, -0.2) is 20.1 Å². The third-order valence-electron chi connectivity index (χ3n) is 3.13. The fraction of sp³-hybridized carbons (Fsp3) is 0.571. The van der Waals surface area contributed by atoms with Gasteiger partial charge in [0.15, 0.2) is 0 Å². The Morgan fingerprint density at radius 1 is 1.21 bits per heavy atom. The van der Waals surface area contributed by atoms with Crippen molar-refractivity contribution in [2.24, 2.45) is 5.92 Å². The molecule has 1 aromatic carbocycles. The van der Waals surface area contributed by atoms with Crippen molar-refractivity contribution in [1.29, 1.82) is 0 Å². The van der Waals surface area contributed by atoms with Crippen molar-refractivity contribution < 1.29 is 8.42 Å². The number of hydrogen-bond acceptors (Lipinski definition) is 2. The van der Waals surface area contributed by atoms with E-state index in [2.05, 4.69) is 18.6 Å². The molecular formula is C14H22ClNO2S. The zero-order valence-electron chi connectivity index (χ0n) is 11.7. The van der Waals surface area contributed by atoms with Gasteiger partial charge in [-0.2, -0.15) is 0 Å². The van der Waals surface area contributed by atoms with E-state index in [1.165, 1.54) is 5.56 Å². The minimum absolute atomic E-state index is 0.0453. The van der Waals surface area contributed by atoms with E-state index in [9.17, 15) is 8.42 Å². The molecule has 0 aliphatic rings. The zero-order valence-corrected chi connectivity index (χ0v) is 13.3. The number of anilines is 1. The van der Waals surface area contributed by atoms with Gasteiger partial charge in [-0.15, -0.1) is 11.6 Å². The van der Waals surface area contributed by atoms with Gasteiger partial charge in [0.2, 0.25) is 10.0 Å². The molecule has 0 bridgehead atoms. The molecule has 2 unspecified atom stereocenters.